The molecule has 0 unspecified atom stereocenters. The SMILES string of the molecule is COc1cc(OC)c(OC)cc1CNC(=O)c1ccc2nc(C)c(C)nc2c1. The van der Waals surface area contributed by atoms with Crippen LogP contribution < -0.4 is 19.5 Å². The Morgan fingerprint density at radius 2 is 1.46 bits per heavy atom. The minimum Gasteiger partial charge on any atom is -0.496 e. The van der Waals surface area contributed by atoms with Crippen LogP contribution in [0.2, 0.25) is 0 Å². The highest BCUT2D eigenvalue weighted by atomic mass is 16.5. The Morgan fingerprint density at radius 1 is 0.857 bits per heavy atom. The first-order valence-electron chi connectivity index (χ1n) is 8.79. The number of nitrogens with zero attached hydrogens (tertiary/aromatic N) is 2. The molecule has 7 nitrogen and oxygen atoms in total. The maximum Gasteiger partial charge on any atom is 0.251 e. The lowest BCUT2D eigenvalue weighted by atomic mass is 10.1. The van der Waals surface area contributed by atoms with Gasteiger partial charge in [0, 0.05) is 23.7 Å². The fraction of sp³-hybridized carbons (Fsp3) is 0.286. The van der Waals surface area contributed by atoms with Gasteiger partial charge in [0.25, 0.3) is 5.91 Å². The minimum atomic E-state index is -0.209. The number of carbonyl (C=O) groups excluding carboxylic acids is 1. The van der Waals surface area contributed by atoms with E-state index in [1.54, 1.807) is 51.7 Å². The second-order valence-corrected chi connectivity index (χ2v) is 6.30. The number of ether oxygens (including phenoxy) is 3. The number of amides is 1. The van der Waals surface area contributed by atoms with Crippen LogP contribution in [0.15, 0.2) is 30.3 Å². The average Bonchev–Trinajstić information content (AvgIpc) is 2.71. The zero-order valence-corrected chi connectivity index (χ0v) is 16.6. The van der Waals surface area contributed by atoms with Crippen molar-refractivity contribution in [3.8, 4) is 17.2 Å². The smallest absolute Gasteiger partial charge is 0.251 e. The molecule has 1 amide bonds. The molecule has 1 heterocycles. The van der Waals surface area contributed by atoms with Gasteiger partial charge in [0.05, 0.1) is 43.8 Å². The molecule has 0 aliphatic rings. The van der Waals surface area contributed by atoms with E-state index in [0.29, 0.717) is 28.3 Å². The Balaban J connectivity index is 1.82. The van der Waals surface area contributed by atoms with Gasteiger partial charge in [-0.15, -0.1) is 0 Å². The van der Waals surface area contributed by atoms with E-state index in [1.807, 2.05) is 13.8 Å². The number of aromatic nitrogens is 2. The largest absolute Gasteiger partial charge is 0.496 e. The molecule has 0 bridgehead atoms. The zero-order chi connectivity index (χ0) is 20.3. The molecule has 1 N–H and O–H groups in total. The van der Waals surface area contributed by atoms with E-state index in [9.17, 15) is 4.79 Å². The molecule has 0 saturated carbocycles. The van der Waals surface area contributed by atoms with E-state index in [0.717, 1.165) is 22.5 Å². The summed E-state index contributed by atoms with van der Waals surface area (Å²) in [5.74, 6) is 1.53. The summed E-state index contributed by atoms with van der Waals surface area (Å²) in [4.78, 5) is 21.6. The monoisotopic (exact) mass is 381 g/mol. The van der Waals surface area contributed by atoms with E-state index in [4.69, 9.17) is 14.2 Å². The van der Waals surface area contributed by atoms with Crippen molar-refractivity contribution in [1.29, 1.82) is 0 Å². The highest BCUT2D eigenvalue weighted by Crippen LogP contribution is 2.34. The molecule has 2 aromatic carbocycles. The summed E-state index contributed by atoms with van der Waals surface area (Å²) >= 11 is 0. The van der Waals surface area contributed by atoms with Crippen LogP contribution in [0.4, 0.5) is 0 Å². The molecule has 7 heteroatoms. The third-order valence-electron chi connectivity index (χ3n) is 4.56. The lowest BCUT2D eigenvalue weighted by Gasteiger charge is -2.14. The van der Waals surface area contributed by atoms with Gasteiger partial charge in [-0.05, 0) is 38.1 Å². The summed E-state index contributed by atoms with van der Waals surface area (Å²) in [6.07, 6.45) is 0. The molecule has 0 aliphatic carbocycles. The predicted molar refractivity (Wildman–Crippen MR) is 106 cm³/mol. The van der Waals surface area contributed by atoms with Crippen LogP contribution in [0.3, 0.4) is 0 Å². The van der Waals surface area contributed by atoms with Gasteiger partial charge in [0.2, 0.25) is 0 Å². The van der Waals surface area contributed by atoms with E-state index in [-0.39, 0.29) is 12.5 Å². The number of carbonyl (C=O) groups is 1. The fourth-order valence-electron chi connectivity index (χ4n) is 2.88. The van der Waals surface area contributed by atoms with Gasteiger partial charge in [-0.25, -0.2) is 9.97 Å². The lowest BCUT2D eigenvalue weighted by Crippen LogP contribution is -2.23. The molecule has 3 aromatic rings. The van der Waals surface area contributed by atoms with Crippen molar-refractivity contribution in [2.45, 2.75) is 20.4 Å². The standard InChI is InChI=1S/C21H23N3O4/c1-12-13(2)24-17-8-14(6-7-16(17)23-12)21(25)22-11-15-9-19(27-4)20(28-5)10-18(15)26-3/h6-10H,11H2,1-5H3,(H,22,25). The van der Waals surface area contributed by atoms with Gasteiger partial charge in [-0.2, -0.15) is 0 Å². The van der Waals surface area contributed by atoms with Crippen molar-refractivity contribution in [3.05, 3.63) is 52.8 Å². The van der Waals surface area contributed by atoms with Crippen LogP contribution in [-0.2, 0) is 6.54 Å². The molecular weight excluding hydrogens is 358 g/mol. The zero-order valence-electron chi connectivity index (χ0n) is 16.6. The summed E-state index contributed by atoms with van der Waals surface area (Å²) in [5, 5.41) is 2.91. The number of hydrogen-bond donors (Lipinski definition) is 1. The number of fused-ring (bicyclic) bond motifs is 1. The third-order valence-corrected chi connectivity index (χ3v) is 4.56. The number of methoxy groups -OCH3 is 3. The molecule has 0 spiro atoms. The molecule has 28 heavy (non-hydrogen) atoms. The summed E-state index contributed by atoms with van der Waals surface area (Å²) in [7, 11) is 4.69. The first-order chi connectivity index (χ1) is 13.5. The number of hydrogen-bond acceptors (Lipinski definition) is 6. The van der Waals surface area contributed by atoms with Gasteiger partial charge >= 0.3 is 0 Å². The van der Waals surface area contributed by atoms with Crippen molar-refractivity contribution in [2.24, 2.45) is 0 Å². The van der Waals surface area contributed by atoms with E-state index in [2.05, 4.69) is 15.3 Å². The molecule has 0 saturated heterocycles. The normalized spacial score (nSPS) is 10.6. The Kier molecular flexibility index (Phi) is 5.63. The van der Waals surface area contributed by atoms with Crippen LogP contribution in [-0.4, -0.2) is 37.2 Å². The second kappa shape index (κ2) is 8.12. The highest BCUT2D eigenvalue weighted by molar-refractivity contribution is 5.97. The van der Waals surface area contributed by atoms with Crippen molar-refractivity contribution in [1.82, 2.24) is 15.3 Å². The Labute approximate surface area is 163 Å². The van der Waals surface area contributed by atoms with E-state index < -0.39 is 0 Å². The number of nitrogens with one attached hydrogen (secondary N) is 1. The Morgan fingerprint density at radius 3 is 2.11 bits per heavy atom. The first-order valence-corrected chi connectivity index (χ1v) is 8.79. The topological polar surface area (TPSA) is 82.6 Å². The first kappa shape index (κ1) is 19.4. The van der Waals surface area contributed by atoms with Gasteiger partial charge in [0.15, 0.2) is 11.5 Å². The fourth-order valence-corrected chi connectivity index (χ4v) is 2.88. The lowest BCUT2D eigenvalue weighted by molar-refractivity contribution is 0.0950. The van der Waals surface area contributed by atoms with Crippen LogP contribution in [0.1, 0.15) is 27.3 Å². The predicted octanol–water partition coefficient (Wildman–Crippen LogP) is 3.20. The minimum absolute atomic E-state index is 0.209. The molecular formula is C21H23N3O4. The van der Waals surface area contributed by atoms with E-state index >= 15 is 0 Å². The third kappa shape index (κ3) is 3.83. The molecule has 0 atom stereocenters. The van der Waals surface area contributed by atoms with Gasteiger partial charge in [-0.3, -0.25) is 4.79 Å². The number of aryl methyl sites for hydroxylation is 2. The van der Waals surface area contributed by atoms with Crippen LogP contribution in [0.25, 0.3) is 11.0 Å². The average molecular weight is 381 g/mol. The summed E-state index contributed by atoms with van der Waals surface area (Å²) in [6, 6.07) is 8.82. The maximum atomic E-state index is 12.6. The maximum absolute atomic E-state index is 12.6. The molecule has 0 aliphatic heterocycles. The number of rotatable bonds is 6. The highest BCUT2D eigenvalue weighted by Gasteiger charge is 2.14. The van der Waals surface area contributed by atoms with Crippen LogP contribution >= 0.6 is 0 Å². The molecule has 0 fully saturated rings. The summed E-state index contributed by atoms with van der Waals surface area (Å²) in [6.45, 7) is 4.09. The summed E-state index contributed by atoms with van der Waals surface area (Å²) in [5.41, 5.74) is 4.48. The van der Waals surface area contributed by atoms with Crippen molar-refractivity contribution >= 4 is 16.9 Å². The quantitative estimate of drug-likeness (QED) is 0.706. The number of benzene rings is 2. The van der Waals surface area contributed by atoms with E-state index in [1.165, 1.54) is 0 Å². The Hall–Kier alpha value is -3.35. The molecule has 0 radical (unpaired) electrons. The molecule has 3 rings (SSSR count). The van der Waals surface area contributed by atoms with Crippen molar-refractivity contribution < 1.29 is 19.0 Å². The van der Waals surface area contributed by atoms with Gasteiger partial charge in [0.1, 0.15) is 5.75 Å². The van der Waals surface area contributed by atoms with Crippen LogP contribution in [0.5, 0.6) is 17.2 Å². The molecule has 1 aromatic heterocycles. The molecule has 146 valence electrons. The summed E-state index contributed by atoms with van der Waals surface area (Å²) < 4.78 is 16.0. The van der Waals surface area contributed by atoms with Crippen molar-refractivity contribution in [3.63, 3.8) is 0 Å². The van der Waals surface area contributed by atoms with Gasteiger partial charge < -0.3 is 19.5 Å². The second-order valence-electron chi connectivity index (χ2n) is 6.30. The van der Waals surface area contributed by atoms with Crippen LogP contribution in [0, 0.1) is 13.8 Å². The van der Waals surface area contributed by atoms with Crippen molar-refractivity contribution in [2.75, 3.05) is 21.3 Å². The Bertz CT molecular complexity index is 1030. The van der Waals surface area contributed by atoms with Gasteiger partial charge in [-0.1, -0.05) is 0 Å².